The molecule has 0 saturated heterocycles. The summed E-state index contributed by atoms with van der Waals surface area (Å²) in [6, 6.07) is 5.64. The van der Waals surface area contributed by atoms with E-state index in [1.165, 1.54) is 12.8 Å². The van der Waals surface area contributed by atoms with E-state index >= 15 is 0 Å². The molecule has 2 rings (SSSR count). The van der Waals surface area contributed by atoms with Crippen LogP contribution in [0.1, 0.15) is 12.8 Å². The Balaban J connectivity index is 2.05. The van der Waals surface area contributed by atoms with Crippen LogP contribution < -0.4 is 10.2 Å². The van der Waals surface area contributed by atoms with E-state index in [4.69, 9.17) is 0 Å². The average molecular weight is 254 g/mol. The largest absolute Gasteiger partial charge is 0.370 e. The molecule has 0 spiro atoms. The molecular formula is C13H19FN2S. The minimum atomic E-state index is -0.140. The first-order valence-corrected chi connectivity index (χ1v) is 7.00. The van der Waals surface area contributed by atoms with Crippen molar-refractivity contribution >= 4 is 17.4 Å². The third-order valence-corrected chi connectivity index (χ3v) is 4.43. The van der Waals surface area contributed by atoms with Gasteiger partial charge in [0.15, 0.2) is 0 Å². The summed E-state index contributed by atoms with van der Waals surface area (Å²) in [6.45, 7) is 1.06. The summed E-state index contributed by atoms with van der Waals surface area (Å²) in [7, 11) is 4.10. The molecule has 0 aliphatic carbocycles. The van der Waals surface area contributed by atoms with Crippen molar-refractivity contribution in [3.8, 4) is 0 Å². The molecule has 4 heteroatoms. The van der Waals surface area contributed by atoms with Gasteiger partial charge in [-0.15, -0.1) is 11.8 Å². The van der Waals surface area contributed by atoms with Crippen LogP contribution in [0.4, 0.5) is 10.1 Å². The predicted molar refractivity (Wildman–Crippen MR) is 72.5 cm³/mol. The molecule has 1 unspecified atom stereocenters. The first-order chi connectivity index (χ1) is 8.22. The van der Waals surface area contributed by atoms with Crippen molar-refractivity contribution in [3.05, 3.63) is 24.0 Å². The Bertz CT molecular complexity index is 384. The predicted octanol–water partition coefficient (Wildman–Crippen LogP) is 2.74. The van der Waals surface area contributed by atoms with Gasteiger partial charge in [0.25, 0.3) is 0 Å². The highest BCUT2D eigenvalue weighted by molar-refractivity contribution is 7.99. The Morgan fingerprint density at radius 3 is 3.12 bits per heavy atom. The second-order valence-corrected chi connectivity index (χ2v) is 5.50. The lowest BCUT2D eigenvalue weighted by atomic mass is 10.1. The fourth-order valence-electron chi connectivity index (χ4n) is 2.18. The second kappa shape index (κ2) is 5.74. The van der Waals surface area contributed by atoms with E-state index in [-0.39, 0.29) is 5.82 Å². The summed E-state index contributed by atoms with van der Waals surface area (Å²) in [5, 5.41) is 3.17. The lowest BCUT2D eigenvalue weighted by molar-refractivity contribution is 0.575. The van der Waals surface area contributed by atoms with Crippen molar-refractivity contribution in [1.29, 1.82) is 0 Å². The maximum Gasteiger partial charge on any atom is 0.124 e. The number of halogens is 1. The fraction of sp³-hybridized carbons (Fsp3) is 0.538. The van der Waals surface area contributed by atoms with Gasteiger partial charge in [-0.2, -0.15) is 0 Å². The molecule has 0 radical (unpaired) electrons. The highest BCUT2D eigenvalue weighted by Crippen LogP contribution is 2.37. The van der Waals surface area contributed by atoms with E-state index in [0.29, 0.717) is 6.04 Å². The van der Waals surface area contributed by atoms with Gasteiger partial charge in [0.05, 0.1) is 5.69 Å². The molecule has 1 aromatic rings. The molecular weight excluding hydrogens is 235 g/mol. The molecule has 94 valence electrons. The zero-order valence-corrected chi connectivity index (χ0v) is 11.2. The van der Waals surface area contributed by atoms with Gasteiger partial charge in [-0.1, -0.05) is 0 Å². The lowest BCUT2D eigenvalue weighted by Gasteiger charge is -2.35. The normalized spacial score (nSPS) is 19.2. The van der Waals surface area contributed by atoms with Crippen LogP contribution in [-0.2, 0) is 0 Å². The molecule has 0 bridgehead atoms. The molecule has 0 saturated carbocycles. The highest BCUT2D eigenvalue weighted by atomic mass is 32.2. The summed E-state index contributed by atoms with van der Waals surface area (Å²) in [6.07, 6.45) is 2.36. The molecule has 1 aliphatic heterocycles. The van der Waals surface area contributed by atoms with Crippen molar-refractivity contribution in [2.75, 3.05) is 31.3 Å². The number of nitrogens with one attached hydrogen (secondary N) is 1. The van der Waals surface area contributed by atoms with E-state index in [2.05, 4.69) is 17.3 Å². The lowest BCUT2D eigenvalue weighted by Crippen LogP contribution is -2.37. The Morgan fingerprint density at radius 2 is 2.35 bits per heavy atom. The Morgan fingerprint density at radius 1 is 1.53 bits per heavy atom. The Labute approximate surface area is 107 Å². The fourth-order valence-corrected chi connectivity index (χ4v) is 3.50. The van der Waals surface area contributed by atoms with Gasteiger partial charge < -0.3 is 10.2 Å². The summed E-state index contributed by atoms with van der Waals surface area (Å²) in [4.78, 5) is 3.36. The van der Waals surface area contributed by atoms with Crippen LogP contribution >= 0.6 is 11.8 Å². The molecule has 0 aromatic heterocycles. The number of thioether (sulfide) groups is 1. The first kappa shape index (κ1) is 12.7. The zero-order chi connectivity index (χ0) is 12.3. The minimum absolute atomic E-state index is 0.140. The number of benzene rings is 1. The number of fused-ring (bicyclic) bond motifs is 1. The third-order valence-electron chi connectivity index (χ3n) is 3.24. The smallest absolute Gasteiger partial charge is 0.124 e. The highest BCUT2D eigenvalue weighted by Gasteiger charge is 2.23. The number of hydrogen-bond acceptors (Lipinski definition) is 3. The van der Waals surface area contributed by atoms with Crippen LogP contribution in [0.15, 0.2) is 23.1 Å². The summed E-state index contributed by atoms with van der Waals surface area (Å²) >= 11 is 1.77. The standard InChI is InChI=1S/C13H19FN2S/c1-15-7-3-4-11-9-17-13-8-10(14)5-6-12(13)16(11)2/h5-6,8,11,15H,3-4,7,9H2,1-2H3. The van der Waals surface area contributed by atoms with E-state index in [0.717, 1.165) is 22.9 Å². The monoisotopic (exact) mass is 254 g/mol. The topological polar surface area (TPSA) is 15.3 Å². The van der Waals surface area contributed by atoms with Gasteiger partial charge in [0.1, 0.15) is 5.82 Å². The first-order valence-electron chi connectivity index (χ1n) is 6.02. The molecule has 0 amide bonds. The van der Waals surface area contributed by atoms with Gasteiger partial charge in [0, 0.05) is 23.7 Å². The zero-order valence-electron chi connectivity index (χ0n) is 10.4. The molecule has 1 aliphatic rings. The van der Waals surface area contributed by atoms with Crippen LogP contribution in [0.25, 0.3) is 0 Å². The summed E-state index contributed by atoms with van der Waals surface area (Å²) in [5.41, 5.74) is 1.16. The van der Waals surface area contributed by atoms with Crippen molar-refractivity contribution in [1.82, 2.24) is 5.32 Å². The molecule has 17 heavy (non-hydrogen) atoms. The molecule has 1 atom stereocenters. The van der Waals surface area contributed by atoms with Crippen LogP contribution in [-0.4, -0.2) is 32.4 Å². The molecule has 0 fully saturated rings. The van der Waals surface area contributed by atoms with E-state index in [9.17, 15) is 4.39 Å². The van der Waals surface area contributed by atoms with Gasteiger partial charge in [-0.3, -0.25) is 0 Å². The molecule has 2 nitrogen and oxygen atoms in total. The van der Waals surface area contributed by atoms with Crippen LogP contribution in [0.2, 0.25) is 0 Å². The third kappa shape index (κ3) is 2.93. The SMILES string of the molecule is CNCCCC1CSc2cc(F)ccc2N1C. The van der Waals surface area contributed by atoms with E-state index in [1.54, 1.807) is 23.9 Å². The van der Waals surface area contributed by atoms with Crippen LogP contribution in [0, 0.1) is 5.82 Å². The Hall–Kier alpha value is -0.740. The van der Waals surface area contributed by atoms with Gasteiger partial charge >= 0.3 is 0 Å². The number of rotatable bonds is 4. The van der Waals surface area contributed by atoms with Crippen LogP contribution in [0.3, 0.4) is 0 Å². The number of nitrogens with zero attached hydrogens (tertiary/aromatic N) is 1. The summed E-state index contributed by atoms with van der Waals surface area (Å²) < 4.78 is 13.1. The summed E-state index contributed by atoms with van der Waals surface area (Å²) in [5.74, 6) is 0.912. The molecule has 1 N–H and O–H groups in total. The quantitative estimate of drug-likeness (QED) is 0.832. The molecule has 1 aromatic carbocycles. The van der Waals surface area contributed by atoms with Crippen molar-refractivity contribution < 1.29 is 4.39 Å². The van der Waals surface area contributed by atoms with Crippen LogP contribution in [0.5, 0.6) is 0 Å². The maximum atomic E-state index is 13.1. The second-order valence-electron chi connectivity index (χ2n) is 4.43. The molecule has 1 heterocycles. The minimum Gasteiger partial charge on any atom is -0.370 e. The van der Waals surface area contributed by atoms with Crippen molar-refractivity contribution in [2.24, 2.45) is 0 Å². The van der Waals surface area contributed by atoms with Gasteiger partial charge in [-0.25, -0.2) is 4.39 Å². The van der Waals surface area contributed by atoms with Gasteiger partial charge in [0.2, 0.25) is 0 Å². The maximum absolute atomic E-state index is 13.1. The van der Waals surface area contributed by atoms with Crippen molar-refractivity contribution in [3.63, 3.8) is 0 Å². The van der Waals surface area contributed by atoms with Crippen molar-refractivity contribution in [2.45, 2.75) is 23.8 Å². The van der Waals surface area contributed by atoms with E-state index in [1.807, 2.05) is 13.1 Å². The number of anilines is 1. The average Bonchev–Trinajstić information content (AvgIpc) is 2.32. The van der Waals surface area contributed by atoms with E-state index < -0.39 is 0 Å². The number of hydrogen-bond donors (Lipinski definition) is 1. The van der Waals surface area contributed by atoms with Gasteiger partial charge in [-0.05, 0) is 44.6 Å². The Kier molecular flexibility index (Phi) is 4.29.